The number of ether oxygens (including phenoxy) is 3. The van der Waals surface area contributed by atoms with Crippen LogP contribution in [-0.4, -0.2) is 35.3 Å². The van der Waals surface area contributed by atoms with Gasteiger partial charge in [0.2, 0.25) is 6.79 Å². The highest BCUT2D eigenvalue weighted by Gasteiger charge is 2.12. The normalized spacial score (nSPS) is 12.3. The van der Waals surface area contributed by atoms with Gasteiger partial charge >= 0.3 is 0 Å². The van der Waals surface area contributed by atoms with E-state index in [0.29, 0.717) is 17.4 Å². The zero-order valence-electron chi connectivity index (χ0n) is 13.9. The van der Waals surface area contributed by atoms with Crippen LogP contribution in [0.15, 0.2) is 53.8 Å². The first kappa shape index (κ1) is 15.8. The van der Waals surface area contributed by atoms with Gasteiger partial charge in [-0.25, -0.2) is 10.4 Å². The predicted octanol–water partition coefficient (Wildman–Crippen LogP) is 2.72. The summed E-state index contributed by atoms with van der Waals surface area (Å²) in [6.07, 6.45) is 3.24. The van der Waals surface area contributed by atoms with E-state index in [-0.39, 0.29) is 6.79 Å². The molecule has 0 aliphatic carbocycles. The molecule has 0 bridgehead atoms. The average Bonchev–Trinajstić information content (AvgIpc) is 3.16. The Labute approximate surface area is 149 Å². The van der Waals surface area contributed by atoms with Gasteiger partial charge in [0.15, 0.2) is 11.5 Å². The first-order chi connectivity index (χ1) is 12.8. The standard InChI is InChI=1S/C18H15N5O3/c1-24-14-5-3-13(4-6-14)15-10-20-23-18(21-15)22-19-9-12-2-7-16-17(8-12)26-11-25-16/h2-10H,11H2,1H3,(H,21,22,23). The molecular weight excluding hydrogens is 334 g/mol. The topological polar surface area (TPSA) is 90.8 Å². The molecule has 8 heteroatoms. The van der Waals surface area contributed by atoms with Crippen LogP contribution in [0.4, 0.5) is 5.95 Å². The molecule has 0 unspecified atom stereocenters. The van der Waals surface area contributed by atoms with E-state index in [2.05, 4.69) is 25.7 Å². The molecule has 1 aliphatic rings. The Morgan fingerprint density at radius 2 is 1.96 bits per heavy atom. The highest BCUT2D eigenvalue weighted by atomic mass is 16.7. The fraction of sp³-hybridized carbons (Fsp3) is 0.111. The molecule has 0 saturated heterocycles. The average molecular weight is 349 g/mol. The van der Waals surface area contributed by atoms with Crippen molar-refractivity contribution in [1.29, 1.82) is 0 Å². The molecule has 0 amide bonds. The molecule has 1 N–H and O–H groups in total. The second-order valence-corrected chi connectivity index (χ2v) is 5.38. The number of hydrogen-bond donors (Lipinski definition) is 1. The maximum absolute atomic E-state index is 5.34. The summed E-state index contributed by atoms with van der Waals surface area (Å²) in [7, 11) is 1.63. The van der Waals surface area contributed by atoms with Crippen LogP contribution in [0.3, 0.4) is 0 Å². The van der Waals surface area contributed by atoms with Crippen LogP contribution in [0.5, 0.6) is 17.2 Å². The van der Waals surface area contributed by atoms with Gasteiger partial charge in [-0.05, 0) is 48.0 Å². The van der Waals surface area contributed by atoms with E-state index in [9.17, 15) is 0 Å². The lowest BCUT2D eigenvalue weighted by Gasteiger charge is -2.04. The molecule has 1 aliphatic heterocycles. The monoisotopic (exact) mass is 349 g/mol. The molecule has 1 aromatic heterocycles. The third-order valence-corrected chi connectivity index (χ3v) is 3.72. The van der Waals surface area contributed by atoms with Gasteiger partial charge in [-0.3, -0.25) is 0 Å². The van der Waals surface area contributed by atoms with Crippen LogP contribution < -0.4 is 19.6 Å². The highest BCUT2D eigenvalue weighted by molar-refractivity contribution is 5.81. The fourth-order valence-electron chi connectivity index (χ4n) is 2.41. The number of nitrogens with zero attached hydrogens (tertiary/aromatic N) is 4. The SMILES string of the molecule is COc1ccc(-c2cnnc(NN=Cc3ccc4c(c3)OCO4)n2)cc1. The minimum atomic E-state index is 0.242. The van der Waals surface area contributed by atoms with Gasteiger partial charge < -0.3 is 14.2 Å². The number of hydrogen-bond acceptors (Lipinski definition) is 8. The fourth-order valence-corrected chi connectivity index (χ4v) is 2.41. The van der Waals surface area contributed by atoms with Crippen molar-refractivity contribution in [2.75, 3.05) is 19.3 Å². The smallest absolute Gasteiger partial charge is 0.263 e. The van der Waals surface area contributed by atoms with Gasteiger partial charge in [0.05, 0.1) is 25.2 Å². The van der Waals surface area contributed by atoms with Crippen LogP contribution >= 0.6 is 0 Å². The number of anilines is 1. The third kappa shape index (κ3) is 3.39. The Hall–Kier alpha value is -3.68. The van der Waals surface area contributed by atoms with Gasteiger partial charge in [-0.2, -0.15) is 10.2 Å². The summed E-state index contributed by atoms with van der Waals surface area (Å²) < 4.78 is 15.8. The largest absolute Gasteiger partial charge is 0.497 e. The number of methoxy groups -OCH3 is 1. The summed E-state index contributed by atoms with van der Waals surface area (Å²) in [5, 5.41) is 12.0. The van der Waals surface area contributed by atoms with Gasteiger partial charge in [0, 0.05) is 5.56 Å². The molecule has 4 rings (SSSR count). The summed E-state index contributed by atoms with van der Waals surface area (Å²) >= 11 is 0. The lowest BCUT2D eigenvalue weighted by molar-refractivity contribution is 0.174. The van der Waals surface area contributed by atoms with Crippen molar-refractivity contribution in [3.63, 3.8) is 0 Å². The maximum atomic E-state index is 5.34. The Morgan fingerprint density at radius 3 is 2.81 bits per heavy atom. The van der Waals surface area contributed by atoms with Gasteiger partial charge in [0.25, 0.3) is 5.95 Å². The zero-order valence-corrected chi connectivity index (χ0v) is 13.9. The Kier molecular flexibility index (Phi) is 4.29. The van der Waals surface area contributed by atoms with Gasteiger partial charge in [0.1, 0.15) is 5.75 Å². The number of fused-ring (bicyclic) bond motifs is 1. The molecule has 0 atom stereocenters. The molecule has 0 fully saturated rings. The Balaban J connectivity index is 1.46. The predicted molar refractivity (Wildman–Crippen MR) is 95.6 cm³/mol. The molecule has 2 aromatic carbocycles. The summed E-state index contributed by atoms with van der Waals surface area (Å²) in [4.78, 5) is 4.40. The Bertz CT molecular complexity index is 944. The third-order valence-electron chi connectivity index (χ3n) is 3.72. The van der Waals surface area contributed by atoms with E-state index in [1.165, 1.54) is 0 Å². The molecule has 3 aromatic rings. The molecule has 0 saturated carbocycles. The molecule has 2 heterocycles. The molecule has 0 spiro atoms. The first-order valence-corrected chi connectivity index (χ1v) is 7.85. The van der Waals surface area contributed by atoms with Crippen molar-refractivity contribution in [1.82, 2.24) is 15.2 Å². The first-order valence-electron chi connectivity index (χ1n) is 7.85. The van der Waals surface area contributed by atoms with Crippen molar-refractivity contribution >= 4 is 12.2 Å². The lowest BCUT2D eigenvalue weighted by atomic mass is 10.1. The zero-order chi connectivity index (χ0) is 17.8. The number of aromatic nitrogens is 3. The van der Waals surface area contributed by atoms with Crippen molar-refractivity contribution < 1.29 is 14.2 Å². The number of benzene rings is 2. The van der Waals surface area contributed by atoms with Crippen LogP contribution in [0.25, 0.3) is 11.3 Å². The number of rotatable bonds is 5. The van der Waals surface area contributed by atoms with Crippen LogP contribution in [0, 0.1) is 0 Å². The van der Waals surface area contributed by atoms with Crippen molar-refractivity contribution in [2.45, 2.75) is 0 Å². The highest BCUT2D eigenvalue weighted by Crippen LogP contribution is 2.32. The minimum absolute atomic E-state index is 0.242. The van der Waals surface area contributed by atoms with E-state index >= 15 is 0 Å². The van der Waals surface area contributed by atoms with E-state index < -0.39 is 0 Å². The number of hydrazone groups is 1. The molecule has 0 radical (unpaired) electrons. The summed E-state index contributed by atoms with van der Waals surface area (Å²) in [5.74, 6) is 2.51. The second kappa shape index (κ2) is 7.06. The molecular formula is C18H15N5O3. The summed E-state index contributed by atoms with van der Waals surface area (Å²) in [6, 6.07) is 13.1. The van der Waals surface area contributed by atoms with Crippen molar-refractivity contribution in [3.8, 4) is 28.5 Å². The van der Waals surface area contributed by atoms with Crippen LogP contribution in [0.1, 0.15) is 5.56 Å². The van der Waals surface area contributed by atoms with Crippen LogP contribution in [0.2, 0.25) is 0 Å². The Morgan fingerprint density at radius 1 is 1.12 bits per heavy atom. The van der Waals surface area contributed by atoms with Crippen molar-refractivity contribution in [3.05, 3.63) is 54.2 Å². The molecule has 130 valence electrons. The molecule has 26 heavy (non-hydrogen) atoms. The second-order valence-electron chi connectivity index (χ2n) is 5.38. The minimum Gasteiger partial charge on any atom is -0.497 e. The van der Waals surface area contributed by atoms with E-state index in [1.807, 2.05) is 42.5 Å². The number of nitrogens with one attached hydrogen (secondary N) is 1. The van der Waals surface area contributed by atoms with Crippen molar-refractivity contribution in [2.24, 2.45) is 5.10 Å². The van der Waals surface area contributed by atoms with E-state index in [4.69, 9.17) is 14.2 Å². The lowest BCUT2D eigenvalue weighted by Crippen LogP contribution is -2.00. The maximum Gasteiger partial charge on any atom is 0.263 e. The van der Waals surface area contributed by atoms with Crippen LogP contribution in [-0.2, 0) is 0 Å². The molecule has 8 nitrogen and oxygen atoms in total. The van der Waals surface area contributed by atoms with Gasteiger partial charge in [-0.1, -0.05) is 0 Å². The van der Waals surface area contributed by atoms with E-state index in [1.54, 1.807) is 19.5 Å². The summed E-state index contributed by atoms with van der Waals surface area (Å²) in [6.45, 7) is 0.242. The summed E-state index contributed by atoms with van der Waals surface area (Å²) in [5.41, 5.74) is 5.23. The van der Waals surface area contributed by atoms with Gasteiger partial charge in [-0.15, -0.1) is 5.10 Å². The van der Waals surface area contributed by atoms with E-state index in [0.717, 1.165) is 22.6 Å². The quantitative estimate of drug-likeness (QED) is 0.559.